The first-order chi connectivity index (χ1) is 14.7. The third-order valence-corrected chi connectivity index (χ3v) is 5.68. The number of aliphatic carboxylic acids is 1. The molecule has 0 aromatic heterocycles. The van der Waals surface area contributed by atoms with Crippen molar-refractivity contribution in [2.24, 2.45) is 0 Å². The van der Waals surface area contributed by atoms with Gasteiger partial charge in [0.05, 0.1) is 6.61 Å². The summed E-state index contributed by atoms with van der Waals surface area (Å²) < 4.78 is 5.34. The Labute approximate surface area is 186 Å². The van der Waals surface area contributed by atoms with E-state index in [1.54, 1.807) is 0 Å². The van der Waals surface area contributed by atoms with Crippen molar-refractivity contribution >= 4 is 11.9 Å². The van der Waals surface area contributed by atoms with Crippen LogP contribution in [-0.4, -0.2) is 23.7 Å². The Balaban J connectivity index is 3.15. The summed E-state index contributed by atoms with van der Waals surface area (Å²) in [5.74, 6) is -0.698. The molecule has 30 heavy (non-hydrogen) atoms. The van der Waals surface area contributed by atoms with E-state index in [0.717, 1.165) is 51.4 Å². The van der Waals surface area contributed by atoms with Crippen molar-refractivity contribution in [1.82, 2.24) is 0 Å². The average molecular weight is 426 g/mol. The van der Waals surface area contributed by atoms with Gasteiger partial charge in [-0.25, -0.2) is 0 Å². The van der Waals surface area contributed by atoms with Crippen LogP contribution in [0.15, 0.2) is 0 Å². The maximum absolute atomic E-state index is 11.7. The normalized spacial score (nSPS) is 11.0. The van der Waals surface area contributed by atoms with E-state index in [-0.39, 0.29) is 5.97 Å². The lowest BCUT2D eigenvalue weighted by atomic mass is 10.1. The third-order valence-electron chi connectivity index (χ3n) is 5.68. The zero-order valence-corrected chi connectivity index (χ0v) is 19.6. The van der Waals surface area contributed by atoms with Crippen LogP contribution in [0.25, 0.3) is 0 Å². The van der Waals surface area contributed by atoms with Crippen molar-refractivity contribution < 1.29 is 19.4 Å². The molecule has 0 aromatic carbocycles. The molecule has 0 saturated carbocycles. The number of rotatable bonds is 24. The van der Waals surface area contributed by atoms with Gasteiger partial charge in [0.1, 0.15) is 0 Å². The number of carbonyl (C=O) groups excluding carboxylic acids is 1. The van der Waals surface area contributed by atoms with E-state index in [0.29, 0.717) is 19.4 Å². The highest BCUT2D eigenvalue weighted by molar-refractivity contribution is 5.69. The van der Waals surface area contributed by atoms with E-state index in [1.165, 1.54) is 77.0 Å². The van der Waals surface area contributed by atoms with Gasteiger partial charge in [0.25, 0.3) is 0 Å². The number of esters is 1. The summed E-state index contributed by atoms with van der Waals surface area (Å²) in [4.78, 5) is 22.1. The zero-order chi connectivity index (χ0) is 22.1. The minimum absolute atomic E-state index is 0.0196. The monoisotopic (exact) mass is 425 g/mol. The van der Waals surface area contributed by atoms with Crippen LogP contribution in [0.4, 0.5) is 0 Å². The molecule has 0 spiro atoms. The number of hydrogen-bond acceptors (Lipinski definition) is 3. The Kier molecular flexibility index (Phi) is 23.4. The third kappa shape index (κ3) is 25.0. The highest BCUT2D eigenvalue weighted by atomic mass is 16.5. The van der Waals surface area contributed by atoms with Crippen LogP contribution in [0.2, 0.25) is 0 Å². The van der Waals surface area contributed by atoms with Crippen molar-refractivity contribution in [2.45, 2.75) is 141 Å². The maximum Gasteiger partial charge on any atom is 0.305 e. The van der Waals surface area contributed by atoms with Gasteiger partial charge in [-0.05, 0) is 19.3 Å². The molecule has 0 aliphatic rings. The first kappa shape index (κ1) is 28.9. The van der Waals surface area contributed by atoms with Gasteiger partial charge < -0.3 is 9.84 Å². The van der Waals surface area contributed by atoms with E-state index in [4.69, 9.17) is 9.84 Å². The molecule has 1 N–H and O–H groups in total. The highest BCUT2D eigenvalue weighted by Gasteiger charge is 2.02. The van der Waals surface area contributed by atoms with Crippen LogP contribution in [0, 0.1) is 6.92 Å². The van der Waals surface area contributed by atoms with Crippen LogP contribution in [0.1, 0.15) is 141 Å². The van der Waals surface area contributed by atoms with Gasteiger partial charge >= 0.3 is 11.9 Å². The summed E-state index contributed by atoms with van der Waals surface area (Å²) in [7, 11) is 0. The summed E-state index contributed by atoms with van der Waals surface area (Å²) in [5.41, 5.74) is 0. The van der Waals surface area contributed by atoms with Gasteiger partial charge in [0.2, 0.25) is 0 Å². The Bertz CT molecular complexity index is 381. The second-order valence-electron chi connectivity index (χ2n) is 8.69. The van der Waals surface area contributed by atoms with Crippen LogP contribution < -0.4 is 0 Å². The van der Waals surface area contributed by atoms with Crippen molar-refractivity contribution in [3.05, 3.63) is 6.92 Å². The molecule has 0 rings (SSSR count). The molecule has 0 atom stereocenters. The Morgan fingerprint density at radius 3 is 1.33 bits per heavy atom. The number of unbranched alkanes of at least 4 members (excludes halogenated alkanes) is 18. The van der Waals surface area contributed by atoms with Gasteiger partial charge in [-0.3, -0.25) is 9.59 Å². The molecular formula is C26H49O4. The molecule has 0 aliphatic heterocycles. The molecule has 4 nitrogen and oxygen atoms in total. The lowest BCUT2D eigenvalue weighted by Gasteiger charge is -2.05. The van der Waals surface area contributed by atoms with Crippen molar-refractivity contribution in [2.75, 3.05) is 6.61 Å². The Morgan fingerprint density at radius 2 is 0.900 bits per heavy atom. The molecule has 0 aliphatic carbocycles. The smallest absolute Gasteiger partial charge is 0.305 e. The summed E-state index contributed by atoms with van der Waals surface area (Å²) in [5, 5.41) is 8.58. The maximum atomic E-state index is 11.7. The van der Waals surface area contributed by atoms with Crippen molar-refractivity contribution in [3.63, 3.8) is 0 Å². The van der Waals surface area contributed by atoms with Crippen molar-refractivity contribution in [1.29, 1.82) is 0 Å². The molecular weight excluding hydrogens is 376 g/mol. The fourth-order valence-corrected chi connectivity index (χ4v) is 3.73. The fourth-order valence-electron chi connectivity index (χ4n) is 3.73. The zero-order valence-electron chi connectivity index (χ0n) is 19.6. The molecule has 0 fully saturated rings. The lowest BCUT2D eigenvalue weighted by Crippen LogP contribution is -2.05. The second-order valence-corrected chi connectivity index (χ2v) is 8.69. The van der Waals surface area contributed by atoms with E-state index in [2.05, 4.69) is 6.92 Å². The summed E-state index contributed by atoms with van der Waals surface area (Å²) in [6, 6.07) is 0. The van der Waals surface area contributed by atoms with Gasteiger partial charge in [0.15, 0.2) is 0 Å². The highest BCUT2D eigenvalue weighted by Crippen LogP contribution is 2.13. The number of carbonyl (C=O) groups is 2. The van der Waals surface area contributed by atoms with Gasteiger partial charge in [-0.1, -0.05) is 116 Å². The van der Waals surface area contributed by atoms with E-state index in [1.807, 2.05) is 0 Å². The quantitative estimate of drug-likeness (QED) is 0.125. The average Bonchev–Trinajstić information content (AvgIpc) is 2.72. The molecule has 0 bridgehead atoms. The molecule has 0 amide bonds. The molecule has 1 radical (unpaired) electrons. The van der Waals surface area contributed by atoms with E-state index < -0.39 is 5.97 Å². The Morgan fingerprint density at radius 1 is 0.533 bits per heavy atom. The number of carboxylic acid groups (broad SMARTS) is 1. The van der Waals surface area contributed by atoms with E-state index in [9.17, 15) is 9.59 Å². The van der Waals surface area contributed by atoms with Crippen LogP contribution in [0.3, 0.4) is 0 Å². The molecule has 177 valence electrons. The van der Waals surface area contributed by atoms with E-state index >= 15 is 0 Å². The Hall–Kier alpha value is -1.06. The lowest BCUT2D eigenvalue weighted by molar-refractivity contribution is -0.144. The predicted octanol–water partition coefficient (Wildman–Crippen LogP) is 8.03. The molecule has 4 heteroatoms. The fraction of sp³-hybridized carbons (Fsp3) is 0.885. The molecule has 0 saturated heterocycles. The summed E-state index contributed by atoms with van der Waals surface area (Å²) in [6.45, 7) is 4.45. The number of hydrogen-bond donors (Lipinski definition) is 1. The largest absolute Gasteiger partial charge is 0.481 e. The topological polar surface area (TPSA) is 63.6 Å². The second kappa shape index (κ2) is 24.2. The first-order valence-electron chi connectivity index (χ1n) is 12.8. The predicted molar refractivity (Wildman–Crippen MR) is 126 cm³/mol. The number of ether oxygens (including phenoxy) is 1. The van der Waals surface area contributed by atoms with Crippen LogP contribution >= 0.6 is 0 Å². The SMILES string of the molecule is [CH2]CCCCCCCCCCC(=O)OCCCCCCCCCCCCCC(=O)O. The summed E-state index contributed by atoms with van der Waals surface area (Å²) >= 11 is 0. The van der Waals surface area contributed by atoms with Gasteiger partial charge in [-0.15, -0.1) is 0 Å². The molecule has 0 heterocycles. The van der Waals surface area contributed by atoms with Crippen LogP contribution in [-0.2, 0) is 14.3 Å². The molecule has 0 unspecified atom stereocenters. The number of carboxylic acids is 1. The van der Waals surface area contributed by atoms with Gasteiger partial charge in [-0.2, -0.15) is 0 Å². The van der Waals surface area contributed by atoms with Crippen LogP contribution in [0.5, 0.6) is 0 Å². The summed E-state index contributed by atoms with van der Waals surface area (Å²) in [6.07, 6.45) is 24.5. The first-order valence-corrected chi connectivity index (χ1v) is 12.8. The van der Waals surface area contributed by atoms with Gasteiger partial charge in [0, 0.05) is 12.8 Å². The minimum Gasteiger partial charge on any atom is -0.481 e. The standard InChI is InChI=1S/C26H49O4/c1-2-3-4-5-6-10-14-17-20-23-26(29)30-24-21-18-15-12-9-7-8-11-13-16-19-22-25(27)28/h1-24H2,(H,27,28). The molecule has 0 aromatic rings. The van der Waals surface area contributed by atoms with Crippen molar-refractivity contribution in [3.8, 4) is 0 Å². The minimum atomic E-state index is -0.679.